The Morgan fingerprint density at radius 2 is 1.80 bits per heavy atom. The van der Waals surface area contributed by atoms with E-state index in [9.17, 15) is 9.18 Å². The standard InChI is InChI=1S/C20H25FN4O2S.C11H24O/c1-12-7-5-10-14(23-12)16-17(21)28-18(25-16)24-15(13-8-6-9-13)11-22-19(26)27-20(2,3)4;1-6-9(3)8-11(5)12-10(4)7-2/h5,7,10H,6,8-9,11H2,1-4H3,(H,22,26)(H,24,25);9-11H,6-8H2,1-5H3. The van der Waals surface area contributed by atoms with E-state index in [0.29, 0.717) is 23.0 Å². The molecule has 1 aliphatic rings. The number of aromatic nitrogens is 2. The molecule has 1 amide bonds. The van der Waals surface area contributed by atoms with Crippen LogP contribution in [-0.4, -0.2) is 40.4 Å². The molecule has 2 aromatic heterocycles. The maximum atomic E-state index is 14.4. The third-order valence-electron chi connectivity index (χ3n) is 6.64. The molecule has 224 valence electrons. The normalized spacial score (nSPS) is 15.2. The van der Waals surface area contributed by atoms with E-state index in [1.165, 1.54) is 18.4 Å². The van der Waals surface area contributed by atoms with E-state index < -0.39 is 16.8 Å². The lowest BCUT2D eigenvalue weighted by molar-refractivity contribution is -0.00472. The molecule has 3 atom stereocenters. The van der Waals surface area contributed by atoms with E-state index in [1.807, 2.05) is 39.8 Å². The van der Waals surface area contributed by atoms with Crippen molar-refractivity contribution in [2.24, 2.45) is 5.92 Å². The van der Waals surface area contributed by atoms with Gasteiger partial charge in [-0.25, -0.2) is 9.78 Å². The number of anilines is 1. The Hall–Kier alpha value is -2.52. The zero-order valence-electron chi connectivity index (χ0n) is 25.8. The molecule has 0 aromatic carbocycles. The average molecular weight is 577 g/mol. The Kier molecular flexibility index (Phi) is 13.5. The van der Waals surface area contributed by atoms with Crippen molar-refractivity contribution in [2.45, 2.75) is 119 Å². The van der Waals surface area contributed by atoms with Crippen LogP contribution in [0.5, 0.6) is 0 Å². The first-order valence-electron chi connectivity index (χ1n) is 14.5. The molecule has 40 heavy (non-hydrogen) atoms. The number of halogens is 1. The lowest BCUT2D eigenvalue weighted by Gasteiger charge is -2.24. The summed E-state index contributed by atoms with van der Waals surface area (Å²) in [6, 6.07) is 5.43. The highest BCUT2D eigenvalue weighted by molar-refractivity contribution is 7.14. The van der Waals surface area contributed by atoms with Crippen molar-refractivity contribution < 1.29 is 18.7 Å². The molecule has 0 spiro atoms. The number of amides is 1. The minimum Gasteiger partial charge on any atom is -0.444 e. The molecule has 2 N–H and O–H groups in total. The minimum atomic E-state index is -0.560. The minimum absolute atomic E-state index is 0.231. The van der Waals surface area contributed by atoms with Gasteiger partial charge in [0.25, 0.3) is 0 Å². The van der Waals surface area contributed by atoms with Gasteiger partial charge in [0.15, 0.2) is 5.13 Å². The van der Waals surface area contributed by atoms with Gasteiger partial charge in [-0.3, -0.25) is 4.98 Å². The molecule has 0 aliphatic heterocycles. The second kappa shape index (κ2) is 16.1. The lowest BCUT2D eigenvalue weighted by Crippen LogP contribution is -2.35. The number of carbonyl (C=O) groups excluding carboxylic acids is 1. The molecular formula is C31H49FN4O3S. The van der Waals surface area contributed by atoms with Gasteiger partial charge in [-0.1, -0.05) is 44.6 Å². The Balaban J connectivity index is 0.000000395. The van der Waals surface area contributed by atoms with Crippen molar-refractivity contribution in [2.75, 3.05) is 11.9 Å². The molecule has 0 radical (unpaired) electrons. The van der Waals surface area contributed by atoms with Gasteiger partial charge < -0.3 is 20.1 Å². The Bertz CT molecular complexity index is 1090. The SMILES string of the molecule is CCC(C)CC(C)OC(C)CC.Cc1cccc(-c2nc(NC(CNC(=O)OC(C)(C)C)=C3CCC3)sc2F)n1. The van der Waals surface area contributed by atoms with E-state index in [4.69, 9.17) is 9.47 Å². The summed E-state index contributed by atoms with van der Waals surface area (Å²) in [4.78, 5) is 20.7. The van der Waals surface area contributed by atoms with Crippen molar-refractivity contribution in [1.29, 1.82) is 0 Å². The Morgan fingerprint density at radius 1 is 1.10 bits per heavy atom. The zero-order valence-corrected chi connectivity index (χ0v) is 26.6. The summed E-state index contributed by atoms with van der Waals surface area (Å²) in [6.07, 6.45) is 6.95. The van der Waals surface area contributed by atoms with Crippen molar-refractivity contribution >= 4 is 22.6 Å². The molecule has 1 saturated carbocycles. The number of ether oxygens (including phenoxy) is 2. The van der Waals surface area contributed by atoms with Crippen LogP contribution in [0.3, 0.4) is 0 Å². The second-order valence-corrected chi connectivity index (χ2v) is 12.6. The van der Waals surface area contributed by atoms with Gasteiger partial charge in [-0.2, -0.15) is 4.39 Å². The van der Waals surface area contributed by atoms with Crippen molar-refractivity contribution in [3.63, 3.8) is 0 Å². The van der Waals surface area contributed by atoms with Crippen LogP contribution < -0.4 is 10.6 Å². The number of alkyl carbamates (subject to hydrolysis) is 1. The fourth-order valence-corrected chi connectivity index (χ4v) is 4.71. The number of carbonyl (C=O) groups is 1. The van der Waals surface area contributed by atoms with Gasteiger partial charge in [-0.15, -0.1) is 0 Å². The van der Waals surface area contributed by atoms with Crippen LogP contribution in [0.25, 0.3) is 11.4 Å². The van der Waals surface area contributed by atoms with Gasteiger partial charge in [0, 0.05) is 11.4 Å². The molecule has 0 saturated heterocycles. The van der Waals surface area contributed by atoms with E-state index in [-0.39, 0.29) is 12.2 Å². The molecule has 3 rings (SSSR count). The topological polar surface area (TPSA) is 85.4 Å². The number of pyridine rings is 1. The third-order valence-corrected chi connectivity index (χ3v) is 7.40. The monoisotopic (exact) mass is 576 g/mol. The number of aryl methyl sites for hydroxylation is 1. The maximum absolute atomic E-state index is 14.4. The molecule has 0 bridgehead atoms. The fourth-order valence-electron chi connectivity index (χ4n) is 3.99. The van der Waals surface area contributed by atoms with Crippen LogP contribution in [0.15, 0.2) is 29.5 Å². The molecule has 9 heteroatoms. The first kappa shape index (κ1) is 33.7. The molecule has 2 heterocycles. The quantitative estimate of drug-likeness (QED) is 0.278. The summed E-state index contributed by atoms with van der Waals surface area (Å²) in [7, 11) is 0. The average Bonchev–Trinajstić information content (AvgIpc) is 3.20. The molecule has 7 nitrogen and oxygen atoms in total. The zero-order chi connectivity index (χ0) is 29.9. The number of allylic oxidation sites excluding steroid dienone is 1. The van der Waals surface area contributed by atoms with Crippen LogP contribution in [0, 0.1) is 18.0 Å². The van der Waals surface area contributed by atoms with Crippen LogP contribution >= 0.6 is 11.3 Å². The summed E-state index contributed by atoms with van der Waals surface area (Å²) in [5.41, 5.74) is 3.03. The predicted molar refractivity (Wildman–Crippen MR) is 163 cm³/mol. The largest absolute Gasteiger partial charge is 0.444 e. The second-order valence-electron chi connectivity index (χ2n) is 11.6. The summed E-state index contributed by atoms with van der Waals surface area (Å²) in [5.74, 6) is 0.795. The van der Waals surface area contributed by atoms with Crippen LogP contribution in [0.2, 0.25) is 0 Å². The first-order valence-corrected chi connectivity index (χ1v) is 15.3. The molecule has 1 aliphatic carbocycles. The predicted octanol–water partition coefficient (Wildman–Crippen LogP) is 8.65. The van der Waals surface area contributed by atoms with Gasteiger partial charge in [0.1, 0.15) is 11.3 Å². The van der Waals surface area contributed by atoms with Crippen LogP contribution in [0.1, 0.15) is 99.6 Å². The first-order chi connectivity index (χ1) is 18.8. The molecular weight excluding hydrogens is 527 g/mol. The molecule has 1 fully saturated rings. The molecule has 2 aromatic rings. The third kappa shape index (κ3) is 11.9. The summed E-state index contributed by atoms with van der Waals surface area (Å²) < 4.78 is 25.5. The van der Waals surface area contributed by atoms with E-state index >= 15 is 0 Å². The number of thiazole rings is 1. The van der Waals surface area contributed by atoms with Crippen LogP contribution in [0.4, 0.5) is 14.3 Å². The Morgan fingerprint density at radius 3 is 2.35 bits per heavy atom. The number of hydrogen-bond donors (Lipinski definition) is 2. The van der Waals surface area contributed by atoms with Crippen molar-refractivity contribution in [3.8, 4) is 11.4 Å². The fraction of sp³-hybridized carbons (Fsp3) is 0.645. The number of rotatable bonds is 11. The van der Waals surface area contributed by atoms with E-state index in [1.54, 1.807) is 6.07 Å². The number of nitrogens with zero attached hydrogens (tertiary/aromatic N) is 2. The summed E-state index contributed by atoms with van der Waals surface area (Å²) in [6.45, 7) is 18.6. The Labute approximate surface area is 244 Å². The highest BCUT2D eigenvalue weighted by Gasteiger charge is 2.21. The highest BCUT2D eigenvalue weighted by atomic mass is 32.1. The number of hydrogen-bond acceptors (Lipinski definition) is 7. The summed E-state index contributed by atoms with van der Waals surface area (Å²) in [5, 5.41) is 6.00. The van der Waals surface area contributed by atoms with Gasteiger partial charge in [-0.05, 0) is 97.3 Å². The van der Waals surface area contributed by atoms with E-state index in [2.05, 4.69) is 55.2 Å². The van der Waals surface area contributed by atoms with Gasteiger partial charge in [0.05, 0.1) is 24.4 Å². The van der Waals surface area contributed by atoms with Crippen LogP contribution in [-0.2, 0) is 9.47 Å². The smallest absolute Gasteiger partial charge is 0.407 e. The van der Waals surface area contributed by atoms with Crippen molar-refractivity contribution in [3.05, 3.63) is 40.3 Å². The van der Waals surface area contributed by atoms with Crippen molar-refractivity contribution in [1.82, 2.24) is 15.3 Å². The van der Waals surface area contributed by atoms with Gasteiger partial charge >= 0.3 is 6.09 Å². The molecule has 3 unspecified atom stereocenters. The number of nitrogens with one attached hydrogen (secondary N) is 2. The highest BCUT2D eigenvalue weighted by Crippen LogP contribution is 2.33. The lowest BCUT2D eigenvalue weighted by atomic mass is 9.90. The van der Waals surface area contributed by atoms with Gasteiger partial charge in [0.2, 0.25) is 5.13 Å². The summed E-state index contributed by atoms with van der Waals surface area (Å²) >= 11 is 0.933. The maximum Gasteiger partial charge on any atom is 0.407 e. The van der Waals surface area contributed by atoms with E-state index in [0.717, 1.165) is 54.3 Å².